The zero-order valence-corrected chi connectivity index (χ0v) is 44.6. The Kier molecular flexibility index (Phi) is 11.8. The number of hydrogen-bond donors (Lipinski definition) is 1. The van der Waals surface area contributed by atoms with Gasteiger partial charge in [-0.3, -0.25) is 14.7 Å². The van der Waals surface area contributed by atoms with E-state index in [2.05, 4.69) is 81.1 Å². The fourth-order valence-electron chi connectivity index (χ4n) is 12.3. The summed E-state index contributed by atoms with van der Waals surface area (Å²) in [6, 6.07) is 11.9. The Morgan fingerprint density at radius 2 is 1.23 bits per heavy atom. The lowest BCUT2D eigenvalue weighted by Crippen LogP contribution is -2.56. The van der Waals surface area contributed by atoms with Crippen molar-refractivity contribution < 1.29 is 28.5 Å². The van der Waals surface area contributed by atoms with Crippen LogP contribution in [0.2, 0.25) is 10.0 Å². The molecular weight excluding hydrogens is 1040 g/mol. The van der Waals surface area contributed by atoms with Gasteiger partial charge >= 0.3 is 0 Å². The van der Waals surface area contributed by atoms with Crippen molar-refractivity contribution in [1.29, 1.82) is 0 Å². The third kappa shape index (κ3) is 7.77. The first-order valence-corrected chi connectivity index (χ1v) is 27.1. The first kappa shape index (κ1) is 48.6. The number of carbonyl (C=O) groups excluding carboxylic acids is 2. The number of fused-ring (bicyclic) bond motifs is 6. The minimum Gasteiger partial charge on any atom is -0.489 e. The van der Waals surface area contributed by atoms with Crippen molar-refractivity contribution in [1.82, 2.24) is 49.7 Å². The van der Waals surface area contributed by atoms with Crippen LogP contribution in [0.15, 0.2) is 74.1 Å². The molecule has 3 atom stereocenters. The number of anilines is 4. The maximum absolute atomic E-state index is 13.0. The van der Waals surface area contributed by atoms with E-state index in [9.17, 15) is 9.59 Å². The van der Waals surface area contributed by atoms with Crippen molar-refractivity contribution in [2.24, 2.45) is 0 Å². The minimum atomic E-state index is -0.538. The average Bonchev–Trinajstić information content (AvgIpc) is 4.23. The van der Waals surface area contributed by atoms with Crippen LogP contribution in [-0.2, 0) is 19.1 Å². The van der Waals surface area contributed by atoms with Gasteiger partial charge in [-0.2, -0.15) is 20.2 Å². The van der Waals surface area contributed by atoms with Crippen LogP contribution in [0.5, 0.6) is 11.5 Å². The Hall–Kier alpha value is -7.78. The zero-order chi connectivity index (χ0) is 53.1. The van der Waals surface area contributed by atoms with E-state index in [1.165, 1.54) is 12.2 Å². The van der Waals surface area contributed by atoms with Crippen LogP contribution in [-0.4, -0.2) is 172 Å². The van der Waals surface area contributed by atoms with E-state index in [1.54, 1.807) is 9.80 Å². The molecule has 0 saturated carbocycles. The highest BCUT2D eigenvalue weighted by atomic mass is 35.5. The van der Waals surface area contributed by atoms with Crippen molar-refractivity contribution in [2.45, 2.75) is 32.2 Å². The second kappa shape index (κ2) is 19.0. The largest absolute Gasteiger partial charge is 0.489 e. The summed E-state index contributed by atoms with van der Waals surface area (Å²) in [4.78, 5) is 59.4. The molecular formula is C56H54Cl2N14O6. The summed E-state index contributed by atoms with van der Waals surface area (Å²) in [5, 5.41) is 16.7. The molecule has 0 spiro atoms. The van der Waals surface area contributed by atoms with E-state index in [-0.39, 0.29) is 37.1 Å². The van der Waals surface area contributed by atoms with E-state index in [0.29, 0.717) is 141 Å². The smallest absolute Gasteiger partial charge is 0.246 e. The number of rotatable bonds is 7. The van der Waals surface area contributed by atoms with Gasteiger partial charge in [0.2, 0.25) is 23.7 Å². The molecule has 22 heteroatoms. The number of benzene rings is 4. The number of aryl methyl sites for hydroxylation is 2. The van der Waals surface area contributed by atoms with Crippen LogP contribution < -0.4 is 29.1 Å². The molecule has 1 unspecified atom stereocenters. The molecule has 14 rings (SSSR count). The first-order valence-electron chi connectivity index (χ1n) is 26.3. The van der Waals surface area contributed by atoms with Crippen LogP contribution in [0.1, 0.15) is 17.4 Å². The van der Waals surface area contributed by atoms with E-state index in [0.717, 1.165) is 66.4 Å². The molecule has 0 bridgehead atoms. The monoisotopic (exact) mass is 1090 g/mol. The SMILES string of the molecule is C=CC(=O)N1CCN2c3nc(N4CCOC(n5ncc6c(-c7cc8nc(N9CCOCC9)nc9c8c(c7Cl)OC[C@@H]7CN(C(=O)C=C)CCN97)c(C)ccc65)C4)nc4cc(-c5c(C)ccc6[nH]ncc56)c(Cl)c(c34)OC[C@@H]2C1. The van der Waals surface area contributed by atoms with E-state index in [4.69, 9.17) is 67.2 Å². The summed E-state index contributed by atoms with van der Waals surface area (Å²) in [5.74, 6) is 3.31. The number of ether oxygens (including phenoxy) is 4. The number of H-pyrrole nitrogens is 1. The molecule has 4 saturated heterocycles. The maximum Gasteiger partial charge on any atom is 0.246 e. The zero-order valence-electron chi connectivity index (χ0n) is 43.0. The molecule has 6 aliphatic heterocycles. The number of aromatic amines is 1. The van der Waals surface area contributed by atoms with Gasteiger partial charge in [0.1, 0.15) is 24.8 Å². The Morgan fingerprint density at radius 3 is 1.83 bits per heavy atom. The predicted molar refractivity (Wildman–Crippen MR) is 299 cm³/mol. The van der Waals surface area contributed by atoms with Gasteiger partial charge in [-0.15, -0.1) is 0 Å². The average molecular weight is 1090 g/mol. The van der Waals surface area contributed by atoms with Gasteiger partial charge in [0.15, 0.2) is 17.7 Å². The normalized spacial score (nSPS) is 20.3. The second-order valence-corrected chi connectivity index (χ2v) is 21.4. The highest BCUT2D eigenvalue weighted by Gasteiger charge is 2.40. The fourth-order valence-corrected chi connectivity index (χ4v) is 12.9. The molecule has 4 fully saturated rings. The molecule has 8 aromatic rings. The number of halogens is 2. The second-order valence-electron chi connectivity index (χ2n) is 20.6. The maximum atomic E-state index is 13.0. The van der Waals surface area contributed by atoms with E-state index in [1.807, 2.05) is 29.2 Å². The van der Waals surface area contributed by atoms with Crippen LogP contribution in [0.4, 0.5) is 23.5 Å². The Bertz CT molecular complexity index is 3840. The summed E-state index contributed by atoms with van der Waals surface area (Å²) in [6.07, 6.45) is 5.87. The molecule has 4 aromatic heterocycles. The summed E-state index contributed by atoms with van der Waals surface area (Å²) in [5.41, 5.74) is 8.43. The molecule has 6 aliphatic rings. The van der Waals surface area contributed by atoms with E-state index < -0.39 is 6.23 Å². The van der Waals surface area contributed by atoms with Gasteiger partial charge in [-0.25, -0.2) is 14.6 Å². The lowest BCUT2D eigenvalue weighted by Gasteiger charge is -2.41. The number of piperazine rings is 2. The quantitative estimate of drug-likeness (QED) is 0.159. The van der Waals surface area contributed by atoms with Crippen molar-refractivity contribution in [3.63, 3.8) is 0 Å². The molecule has 78 heavy (non-hydrogen) atoms. The standard InChI is InChI=1S/C56H54Cl2N14O6/c1-5-42(73)67-11-13-70-32(25-67)28-78-52-47-39(61-55(63-53(47)70)66-15-18-75-19-16-66)22-35(50(52)58)46-31(4)8-10-41-37(46)24-60-72(41)44-27-69(17-20-76-44)56-62-40-21-34(45-30(3)7-9-38-36(45)23-59-65-38)49(57)51-48(40)54(64-56)71-14-12-68(43(74)6-2)26-33(71)29-77-51/h5-10,21-24,32-33,44H,1-2,11-20,25-29H2,3-4H3,(H,59,65)/t32-,33-,44?/m0/s1. The van der Waals surface area contributed by atoms with Gasteiger partial charge in [-0.1, -0.05) is 48.5 Å². The van der Waals surface area contributed by atoms with Gasteiger partial charge in [0.05, 0.1) is 93.7 Å². The van der Waals surface area contributed by atoms with Gasteiger partial charge in [0.25, 0.3) is 0 Å². The first-order chi connectivity index (χ1) is 38.0. The number of amides is 2. The molecule has 0 radical (unpaired) electrons. The van der Waals surface area contributed by atoms with Crippen LogP contribution in [0, 0.1) is 13.8 Å². The number of hydrogen-bond acceptors (Lipinski definition) is 16. The van der Waals surface area contributed by atoms with Crippen molar-refractivity contribution >= 4 is 102 Å². The van der Waals surface area contributed by atoms with Gasteiger partial charge in [0, 0.05) is 80.8 Å². The van der Waals surface area contributed by atoms with Crippen molar-refractivity contribution in [3.05, 3.63) is 95.3 Å². The Morgan fingerprint density at radius 1 is 0.667 bits per heavy atom. The van der Waals surface area contributed by atoms with Gasteiger partial charge < -0.3 is 48.3 Å². The molecule has 2 amide bonds. The van der Waals surface area contributed by atoms with Gasteiger partial charge in [-0.05, 0) is 72.5 Å². The molecule has 10 heterocycles. The highest BCUT2D eigenvalue weighted by molar-refractivity contribution is 6.38. The topological polar surface area (TPSA) is 189 Å². The third-order valence-corrected chi connectivity index (χ3v) is 17.0. The summed E-state index contributed by atoms with van der Waals surface area (Å²) >= 11 is 15.1. The number of nitrogens with zero attached hydrogens (tertiary/aromatic N) is 13. The van der Waals surface area contributed by atoms with Crippen molar-refractivity contribution in [2.75, 3.05) is 118 Å². The summed E-state index contributed by atoms with van der Waals surface area (Å²) in [6.45, 7) is 18.8. The molecule has 20 nitrogen and oxygen atoms in total. The fraction of sp³-hybridized carbons (Fsp3) is 0.357. The number of aromatic nitrogens is 8. The van der Waals surface area contributed by atoms with Crippen LogP contribution in [0.25, 0.3) is 65.9 Å². The van der Waals surface area contributed by atoms with E-state index >= 15 is 0 Å². The number of morpholine rings is 2. The Balaban J connectivity index is 0.853. The third-order valence-electron chi connectivity index (χ3n) is 16.3. The molecule has 4 aromatic carbocycles. The lowest BCUT2D eigenvalue weighted by atomic mass is 9.95. The lowest BCUT2D eigenvalue weighted by molar-refractivity contribution is -0.127. The van der Waals surface area contributed by atoms with Crippen LogP contribution >= 0.6 is 23.2 Å². The summed E-state index contributed by atoms with van der Waals surface area (Å²) in [7, 11) is 0. The number of carbonyl (C=O) groups is 2. The highest BCUT2D eigenvalue weighted by Crippen LogP contribution is 2.51. The minimum absolute atomic E-state index is 0.118. The van der Waals surface area contributed by atoms with Crippen molar-refractivity contribution in [3.8, 4) is 33.8 Å². The van der Waals surface area contributed by atoms with Crippen LogP contribution in [0.3, 0.4) is 0 Å². The predicted octanol–water partition coefficient (Wildman–Crippen LogP) is 7.12. The molecule has 0 aliphatic carbocycles. The summed E-state index contributed by atoms with van der Waals surface area (Å²) < 4.78 is 27.7. The molecule has 398 valence electrons. The Labute approximate surface area is 457 Å². The molecule has 1 N–H and O–H groups in total. The number of nitrogens with one attached hydrogen (secondary N) is 1.